The monoisotopic (exact) mass is 352 g/mol. The molecular weight excluding hydrogens is 337 g/mol. The normalized spacial score (nSPS) is 19.4. The summed E-state index contributed by atoms with van der Waals surface area (Å²) in [5.41, 5.74) is 0. The van der Waals surface area contributed by atoms with Gasteiger partial charge in [0.2, 0.25) is 0 Å². The highest BCUT2D eigenvalue weighted by atomic mass is 79.9. The average Bonchev–Trinajstić information content (AvgIpc) is 2.28. The van der Waals surface area contributed by atoms with Crippen LogP contribution >= 0.6 is 15.9 Å². The van der Waals surface area contributed by atoms with Gasteiger partial charge in [-0.2, -0.15) is 30.2 Å². The molecule has 0 atom stereocenters. The van der Waals surface area contributed by atoms with E-state index in [4.69, 9.17) is 0 Å². The second-order valence-corrected chi connectivity index (χ2v) is 6.83. The summed E-state index contributed by atoms with van der Waals surface area (Å²) in [6.07, 6.45) is -2.20. The summed E-state index contributed by atoms with van der Waals surface area (Å²) < 4.78 is 63.0. The molecule has 4 nitrogen and oxygen atoms in total. The van der Waals surface area contributed by atoms with Gasteiger partial charge in [-0.3, -0.25) is 0 Å². The van der Waals surface area contributed by atoms with Gasteiger partial charge in [0.05, 0.1) is 0 Å². The smallest absolute Gasteiger partial charge is 0.195 e. The van der Waals surface area contributed by atoms with Crippen LogP contribution in [0, 0.1) is 0 Å². The Morgan fingerprint density at radius 3 is 2.17 bits per heavy atom. The lowest BCUT2D eigenvalue weighted by atomic mass is 10.2. The van der Waals surface area contributed by atoms with Gasteiger partial charge < -0.3 is 0 Å². The largest absolute Gasteiger partial charge is 0.402 e. The molecule has 0 bridgehead atoms. The second-order valence-electron chi connectivity index (χ2n) is 4.11. The van der Waals surface area contributed by atoms with E-state index in [1.54, 1.807) is 0 Å². The summed E-state index contributed by atoms with van der Waals surface area (Å²) in [4.78, 5) is 0. The summed E-state index contributed by atoms with van der Waals surface area (Å²) in [5.74, 6) is 0. The third-order valence-electron chi connectivity index (χ3n) is 2.66. The molecule has 0 radical (unpaired) electrons. The Bertz CT molecular complexity index is 355. The van der Waals surface area contributed by atoms with E-state index < -0.39 is 22.9 Å². The van der Waals surface area contributed by atoms with Crippen molar-refractivity contribution < 1.29 is 21.6 Å². The maximum atomic E-state index is 12.4. The zero-order chi connectivity index (χ0) is 13.8. The molecule has 108 valence electrons. The van der Waals surface area contributed by atoms with Gasteiger partial charge in [0.15, 0.2) is 0 Å². The van der Waals surface area contributed by atoms with Gasteiger partial charge in [0.25, 0.3) is 10.2 Å². The molecule has 0 spiro atoms. The van der Waals surface area contributed by atoms with Crippen molar-refractivity contribution in [2.75, 3.05) is 31.5 Å². The van der Waals surface area contributed by atoms with Crippen LogP contribution < -0.4 is 0 Å². The topological polar surface area (TPSA) is 40.6 Å². The third kappa shape index (κ3) is 4.67. The number of rotatable bonds is 5. The molecular formula is C9H16BrF3N2O2S. The summed E-state index contributed by atoms with van der Waals surface area (Å²) in [7, 11) is -4.00. The summed E-state index contributed by atoms with van der Waals surface area (Å²) in [6, 6.07) is 0. The van der Waals surface area contributed by atoms with Gasteiger partial charge in [-0.15, -0.1) is 0 Å². The first-order valence-electron chi connectivity index (χ1n) is 5.65. The molecule has 0 N–H and O–H groups in total. The summed E-state index contributed by atoms with van der Waals surface area (Å²) in [5, 5.41) is 0.177. The standard InChI is InChI=1S/C9H16BrF3N2O2S/c10-4-7-15(8-9(11,12)13)18(16,17)14-5-2-1-3-6-14/h1-8H2. The molecule has 0 aromatic heterocycles. The molecule has 1 aliphatic rings. The number of alkyl halides is 4. The highest BCUT2D eigenvalue weighted by Gasteiger charge is 2.38. The van der Waals surface area contributed by atoms with Crippen LogP contribution in [-0.2, 0) is 10.2 Å². The minimum atomic E-state index is -4.52. The van der Waals surface area contributed by atoms with Crippen molar-refractivity contribution >= 4 is 26.1 Å². The summed E-state index contributed by atoms with van der Waals surface area (Å²) >= 11 is 2.98. The maximum Gasteiger partial charge on any atom is 0.402 e. The predicted molar refractivity (Wildman–Crippen MR) is 65.8 cm³/mol. The molecule has 1 heterocycles. The van der Waals surface area contributed by atoms with Gasteiger partial charge in [0.1, 0.15) is 6.54 Å². The van der Waals surface area contributed by atoms with E-state index >= 15 is 0 Å². The molecule has 0 saturated carbocycles. The SMILES string of the molecule is O=S(=O)(N1CCCCC1)N(CCBr)CC(F)(F)F. The van der Waals surface area contributed by atoms with Crippen molar-refractivity contribution in [3.63, 3.8) is 0 Å². The number of hydrogen-bond acceptors (Lipinski definition) is 2. The fraction of sp³-hybridized carbons (Fsp3) is 1.00. The molecule has 0 unspecified atom stereocenters. The highest BCUT2D eigenvalue weighted by molar-refractivity contribution is 9.09. The van der Waals surface area contributed by atoms with Gasteiger partial charge in [-0.1, -0.05) is 22.4 Å². The zero-order valence-electron chi connectivity index (χ0n) is 9.79. The molecule has 18 heavy (non-hydrogen) atoms. The molecule has 1 saturated heterocycles. The third-order valence-corrected chi connectivity index (χ3v) is 4.99. The van der Waals surface area contributed by atoms with Crippen LogP contribution in [0.4, 0.5) is 13.2 Å². The van der Waals surface area contributed by atoms with E-state index in [1.165, 1.54) is 0 Å². The van der Waals surface area contributed by atoms with Crippen LogP contribution in [0.1, 0.15) is 19.3 Å². The Morgan fingerprint density at radius 1 is 1.17 bits per heavy atom. The fourth-order valence-corrected chi connectivity index (χ4v) is 4.17. The van der Waals surface area contributed by atoms with Crippen LogP contribution in [-0.4, -0.2) is 54.7 Å². The lowest BCUT2D eigenvalue weighted by Crippen LogP contribution is -2.49. The Balaban J connectivity index is 2.81. The Morgan fingerprint density at radius 2 is 1.72 bits per heavy atom. The van der Waals surface area contributed by atoms with Crippen molar-refractivity contribution in [2.45, 2.75) is 25.4 Å². The molecule has 0 aromatic carbocycles. The van der Waals surface area contributed by atoms with E-state index in [9.17, 15) is 21.6 Å². The van der Waals surface area contributed by atoms with Crippen molar-refractivity contribution in [3.8, 4) is 0 Å². The van der Waals surface area contributed by atoms with Crippen molar-refractivity contribution in [1.82, 2.24) is 8.61 Å². The minimum absolute atomic E-state index is 0.177. The Kier molecular flexibility index (Phi) is 5.88. The molecule has 1 aliphatic heterocycles. The first-order valence-corrected chi connectivity index (χ1v) is 8.17. The first-order chi connectivity index (χ1) is 8.27. The molecule has 0 amide bonds. The van der Waals surface area contributed by atoms with Crippen LogP contribution in [0.25, 0.3) is 0 Å². The van der Waals surface area contributed by atoms with Crippen LogP contribution in [0.3, 0.4) is 0 Å². The lowest BCUT2D eigenvalue weighted by Gasteiger charge is -2.32. The molecule has 1 fully saturated rings. The maximum absolute atomic E-state index is 12.4. The van der Waals surface area contributed by atoms with E-state index in [0.717, 1.165) is 10.7 Å². The van der Waals surface area contributed by atoms with Gasteiger partial charge in [-0.05, 0) is 12.8 Å². The predicted octanol–water partition coefficient (Wildman–Crippen LogP) is 1.98. The van der Waals surface area contributed by atoms with Crippen molar-refractivity contribution in [1.29, 1.82) is 0 Å². The number of halogens is 4. The van der Waals surface area contributed by atoms with Crippen LogP contribution in [0.5, 0.6) is 0 Å². The zero-order valence-corrected chi connectivity index (χ0v) is 12.2. The highest BCUT2D eigenvalue weighted by Crippen LogP contribution is 2.22. The minimum Gasteiger partial charge on any atom is -0.195 e. The van der Waals surface area contributed by atoms with Crippen LogP contribution in [0.15, 0.2) is 0 Å². The lowest BCUT2D eigenvalue weighted by molar-refractivity contribution is -0.136. The molecule has 9 heteroatoms. The molecule has 0 aromatic rings. The fourth-order valence-electron chi connectivity index (χ4n) is 1.83. The molecule has 0 aliphatic carbocycles. The van der Waals surface area contributed by atoms with E-state index in [0.29, 0.717) is 30.2 Å². The van der Waals surface area contributed by atoms with Gasteiger partial charge >= 0.3 is 6.18 Å². The Labute approximate surface area is 113 Å². The Hall–Kier alpha value is 0.140. The van der Waals surface area contributed by atoms with Gasteiger partial charge in [-0.25, -0.2) is 0 Å². The quantitative estimate of drug-likeness (QED) is 0.710. The van der Waals surface area contributed by atoms with Crippen molar-refractivity contribution in [2.24, 2.45) is 0 Å². The van der Waals surface area contributed by atoms with E-state index in [-0.39, 0.29) is 11.9 Å². The van der Waals surface area contributed by atoms with Crippen LogP contribution in [0.2, 0.25) is 0 Å². The number of nitrogens with zero attached hydrogens (tertiary/aromatic N) is 2. The average molecular weight is 353 g/mol. The van der Waals surface area contributed by atoms with E-state index in [1.807, 2.05) is 0 Å². The molecule has 1 rings (SSSR count). The second kappa shape index (κ2) is 6.53. The van der Waals surface area contributed by atoms with E-state index in [2.05, 4.69) is 15.9 Å². The number of hydrogen-bond donors (Lipinski definition) is 0. The number of piperidine rings is 1. The van der Waals surface area contributed by atoms with Gasteiger partial charge in [0, 0.05) is 25.0 Å². The first kappa shape index (κ1) is 16.2. The van der Waals surface area contributed by atoms with Crippen molar-refractivity contribution in [3.05, 3.63) is 0 Å². The summed E-state index contributed by atoms with van der Waals surface area (Å²) in [6.45, 7) is -1.01.